The molecule has 0 spiro atoms. The van der Waals surface area contributed by atoms with Gasteiger partial charge in [0.05, 0.1) is 17.6 Å². The van der Waals surface area contributed by atoms with Crippen molar-refractivity contribution in [2.24, 2.45) is 0 Å². The molecule has 24 heavy (non-hydrogen) atoms. The van der Waals surface area contributed by atoms with Crippen molar-refractivity contribution in [2.75, 3.05) is 13.7 Å². The fraction of sp³-hybridized carbons (Fsp3) is 0.250. The summed E-state index contributed by atoms with van der Waals surface area (Å²) in [6, 6.07) is 17.2. The molecule has 4 rings (SSSR count). The fourth-order valence-corrected chi connectivity index (χ4v) is 3.21. The number of aromatic hydroxyl groups is 1. The summed E-state index contributed by atoms with van der Waals surface area (Å²) in [6.45, 7) is 0.636. The minimum Gasteiger partial charge on any atom is -0.508 e. The van der Waals surface area contributed by atoms with E-state index in [0.29, 0.717) is 6.61 Å². The van der Waals surface area contributed by atoms with E-state index in [1.165, 1.54) is 0 Å². The molecule has 0 amide bonds. The molecule has 122 valence electrons. The lowest BCUT2D eigenvalue weighted by molar-refractivity contribution is 0.158. The van der Waals surface area contributed by atoms with E-state index in [9.17, 15) is 5.11 Å². The fourth-order valence-electron chi connectivity index (χ4n) is 3.21. The Kier molecular flexibility index (Phi) is 3.62. The Balaban J connectivity index is 1.89. The Hall–Kier alpha value is -2.59. The van der Waals surface area contributed by atoms with Crippen molar-refractivity contribution in [3.63, 3.8) is 0 Å². The molecular formula is C20H19NO3. The highest BCUT2D eigenvalue weighted by molar-refractivity contribution is 5.83. The molecule has 0 radical (unpaired) electrons. The lowest BCUT2D eigenvalue weighted by atomic mass is 9.92. The average molecular weight is 321 g/mol. The second kappa shape index (κ2) is 5.80. The number of hydrogen-bond acceptors (Lipinski definition) is 4. The topological polar surface area (TPSA) is 55.5 Å². The molecule has 1 aromatic heterocycles. The smallest absolute Gasteiger partial charge is 0.153 e. The molecule has 0 bridgehead atoms. The highest BCUT2D eigenvalue weighted by atomic mass is 16.5. The standard InChI is InChI=1S/C20H19NO3/c1-23-13-20(11-12-20)19-17(14-5-3-2-4-6-14)18(21-24-19)15-7-9-16(22)10-8-15/h2-10,22H,11-13H2,1H3. The highest BCUT2D eigenvalue weighted by Crippen LogP contribution is 2.53. The largest absolute Gasteiger partial charge is 0.508 e. The monoisotopic (exact) mass is 321 g/mol. The number of nitrogens with zero attached hydrogens (tertiary/aromatic N) is 1. The van der Waals surface area contributed by atoms with E-state index in [-0.39, 0.29) is 11.2 Å². The number of benzene rings is 2. The van der Waals surface area contributed by atoms with Crippen LogP contribution in [0.25, 0.3) is 22.4 Å². The van der Waals surface area contributed by atoms with Gasteiger partial charge < -0.3 is 14.4 Å². The maximum atomic E-state index is 9.54. The average Bonchev–Trinajstić information content (AvgIpc) is 3.25. The van der Waals surface area contributed by atoms with Gasteiger partial charge in [-0.1, -0.05) is 35.5 Å². The first kappa shape index (κ1) is 15.0. The van der Waals surface area contributed by atoms with E-state index >= 15 is 0 Å². The number of ether oxygens (including phenoxy) is 1. The Bertz CT molecular complexity index is 833. The van der Waals surface area contributed by atoms with Gasteiger partial charge in [-0.2, -0.15) is 0 Å². The first-order valence-electron chi connectivity index (χ1n) is 8.07. The minimum atomic E-state index is -0.0674. The van der Waals surface area contributed by atoms with Gasteiger partial charge >= 0.3 is 0 Å². The zero-order valence-corrected chi connectivity index (χ0v) is 13.5. The van der Waals surface area contributed by atoms with Crippen LogP contribution in [0.5, 0.6) is 5.75 Å². The van der Waals surface area contributed by atoms with E-state index in [4.69, 9.17) is 9.26 Å². The summed E-state index contributed by atoms with van der Waals surface area (Å²) in [5, 5.41) is 13.9. The molecule has 0 unspecified atom stereocenters. The lowest BCUT2D eigenvalue weighted by Gasteiger charge is -2.13. The van der Waals surface area contributed by atoms with Crippen LogP contribution < -0.4 is 0 Å². The van der Waals surface area contributed by atoms with Crippen molar-refractivity contribution in [3.05, 3.63) is 60.4 Å². The first-order valence-corrected chi connectivity index (χ1v) is 8.07. The van der Waals surface area contributed by atoms with Gasteiger partial charge in [0.2, 0.25) is 0 Å². The first-order chi connectivity index (χ1) is 11.7. The van der Waals surface area contributed by atoms with Crippen LogP contribution >= 0.6 is 0 Å². The Morgan fingerprint density at radius 1 is 1.04 bits per heavy atom. The van der Waals surface area contributed by atoms with Crippen LogP contribution in [0.15, 0.2) is 59.1 Å². The highest BCUT2D eigenvalue weighted by Gasteiger charge is 2.50. The summed E-state index contributed by atoms with van der Waals surface area (Å²) in [5.74, 6) is 1.14. The minimum absolute atomic E-state index is 0.0674. The summed E-state index contributed by atoms with van der Waals surface area (Å²) in [4.78, 5) is 0. The summed E-state index contributed by atoms with van der Waals surface area (Å²) in [5.41, 5.74) is 3.77. The van der Waals surface area contributed by atoms with Crippen LogP contribution in [0, 0.1) is 0 Å². The van der Waals surface area contributed by atoms with E-state index in [0.717, 1.165) is 41.0 Å². The molecule has 1 fully saturated rings. The Morgan fingerprint density at radius 3 is 2.38 bits per heavy atom. The van der Waals surface area contributed by atoms with Crippen molar-refractivity contribution in [2.45, 2.75) is 18.3 Å². The molecule has 4 nitrogen and oxygen atoms in total. The van der Waals surface area contributed by atoms with Crippen molar-refractivity contribution >= 4 is 0 Å². The van der Waals surface area contributed by atoms with Gasteiger partial charge in [0.25, 0.3) is 0 Å². The van der Waals surface area contributed by atoms with Gasteiger partial charge in [-0.05, 0) is 42.7 Å². The molecule has 0 aliphatic heterocycles. The van der Waals surface area contributed by atoms with Crippen molar-refractivity contribution < 1.29 is 14.4 Å². The second-order valence-corrected chi connectivity index (χ2v) is 6.36. The number of methoxy groups -OCH3 is 1. The molecule has 0 saturated heterocycles. The zero-order chi connectivity index (χ0) is 16.6. The zero-order valence-electron chi connectivity index (χ0n) is 13.5. The number of phenolic OH excluding ortho intramolecular Hbond substituents is 1. The molecule has 2 aromatic carbocycles. The number of rotatable bonds is 5. The molecular weight excluding hydrogens is 302 g/mol. The van der Waals surface area contributed by atoms with Crippen LogP contribution in [-0.4, -0.2) is 24.0 Å². The third-order valence-corrected chi connectivity index (χ3v) is 4.65. The molecule has 4 heteroatoms. The predicted molar refractivity (Wildman–Crippen MR) is 91.8 cm³/mol. The maximum Gasteiger partial charge on any atom is 0.153 e. The van der Waals surface area contributed by atoms with Crippen LogP contribution in [0.3, 0.4) is 0 Å². The van der Waals surface area contributed by atoms with Gasteiger partial charge in [-0.3, -0.25) is 0 Å². The quantitative estimate of drug-likeness (QED) is 0.757. The third kappa shape index (κ3) is 2.49. The third-order valence-electron chi connectivity index (χ3n) is 4.65. The van der Waals surface area contributed by atoms with Gasteiger partial charge in [-0.15, -0.1) is 0 Å². The van der Waals surface area contributed by atoms with Crippen LogP contribution in [0.2, 0.25) is 0 Å². The molecule has 1 saturated carbocycles. The molecule has 1 aliphatic rings. The molecule has 1 N–H and O–H groups in total. The van der Waals surface area contributed by atoms with E-state index in [1.807, 2.05) is 30.3 Å². The lowest BCUT2D eigenvalue weighted by Crippen LogP contribution is -2.14. The predicted octanol–water partition coefficient (Wildman–Crippen LogP) is 4.39. The van der Waals surface area contributed by atoms with Gasteiger partial charge in [0.1, 0.15) is 11.4 Å². The van der Waals surface area contributed by atoms with Gasteiger partial charge in [-0.25, -0.2) is 0 Å². The number of phenols is 1. The van der Waals surface area contributed by atoms with Crippen molar-refractivity contribution in [1.29, 1.82) is 0 Å². The molecule has 3 aromatic rings. The van der Waals surface area contributed by atoms with Gasteiger partial charge in [0, 0.05) is 12.7 Å². The van der Waals surface area contributed by atoms with E-state index in [2.05, 4.69) is 17.3 Å². The maximum absolute atomic E-state index is 9.54. The summed E-state index contributed by atoms with van der Waals surface area (Å²) >= 11 is 0. The second-order valence-electron chi connectivity index (χ2n) is 6.36. The Morgan fingerprint density at radius 2 is 1.75 bits per heavy atom. The van der Waals surface area contributed by atoms with E-state index < -0.39 is 0 Å². The van der Waals surface area contributed by atoms with Crippen LogP contribution in [-0.2, 0) is 10.2 Å². The summed E-state index contributed by atoms with van der Waals surface area (Å²) < 4.78 is 11.2. The molecule has 0 atom stereocenters. The molecule has 1 aliphatic carbocycles. The molecule has 1 heterocycles. The van der Waals surface area contributed by atoms with Crippen molar-refractivity contribution in [3.8, 4) is 28.1 Å². The van der Waals surface area contributed by atoms with E-state index in [1.54, 1.807) is 19.2 Å². The summed E-state index contributed by atoms with van der Waals surface area (Å²) in [7, 11) is 1.72. The van der Waals surface area contributed by atoms with Gasteiger partial charge in [0.15, 0.2) is 5.76 Å². The normalized spacial score (nSPS) is 15.4. The number of hydrogen-bond donors (Lipinski definition) is 1. The van der Waals surface area contributed by atoms with Crippen LogP contribution in [0.4, 0.5) is 0 Å². The number of aromatic nitrogens is 1. The van der Waals surface area contributed by atoms with Crippen molar-refractivity contribution in [1.82, 2.24) is 5.16 Å². The summed E-state index contributed by atoms with van der Waals surface area (Å²) in [6.07, 6.45) is 2.09. The Labute approximate surface area is 140 Å². The van der Waals surface area contributed by atoms with Crippen LogP contribution in [0.1, 0.15) is 18.6 Å². The SMILES string of the molecule is COCC1(c2onc(-c3ccc(O)cc3)c2-c2ccccc2)CC1.